The van der Waals surface area contributed by atoms with E-state index in [1.54, 1.807) is 6.92 Å². The third kappa shape index (κ3) is 4.28. The standard InChI is InChI=1S/C11H11Br2NO3S/c1-2-3-4-5-17-11-9(12)6-8(7-10(11)13)18(14,15)16/h6-7H,4-5H2,1H3,(H2,14,15,16). The zero-order valence-electron chi connectivity index (χ0n) is 9.54. The molecule has 0 heterocycles. The van der Waals surface area contributed by atoms with E-state index in [4.69, 9.17) is 9.88 Å². The minimum Gasteiger partial charge on any atom is -0.490 e. The predicted molar refractivity (Wildman–Crippen MR) is 76.8 cm³/mol. The summed E-state index contributed by atoms with van der Waals surface area (Å²) in [6, 6.07) is 2.81. The lowest BCUT2D eigenvalue weighted by molar-refractivity contribution is 0.323. The lowest BCUT2D eigenvalue weighted by Gasteiger charge is -2.10. The van der Waals surface area contributed by atoms with Gasteiger partial charge in [-0.3, -0.25) is 0 Å². The summed E-state index contributed by atoms with van der Waals surface area (Å²) in [6.07, 6.45) is 0.603. The van der Waals surface area contributed by atoms with Crippen LogP contribution in [0.25, 0.3) is 0 Å². The maximum Gasteiger partial charge on any atom is 0.238 e. The molecule has 0 atom stereocenters. The number of ether oxygens (including phenoxy) is 1. The Kier molecular flexibility index (Phi) is 5.66. The van der Waals surface area contributed by atoms with E-state index < -0.39 is 10.0 Å². The number of primary sulfonamides is 1. The first-order valence-corrected chi connectivity index (χ1v) is 8.03. The van der Waals surface area contributed by atoms with Crippen LogP contribution in [0.1, 0.15) is 13.3 Å². The molecule has 0 fully saturated rings. The molecule has 0 saturated heterocycles. The third-order valence-corrected chi connectivity index (χ3v) is 4.02. The molecule has 0 aliphatic rings. The van der Waals surface area contributed by atoms with Crippen molar-refractivity contribution in [2.24, 2.45) is 5.14 Å². The molecule has 0 aliphatic heterocycles. The number of hydrogen-bond acceptors (Lipinski definition) is 3. The molecular weight excluding hydrogens is 386 g/mol. The fraction of sp³-hybridized carbons (Fsp3) is 0.273. The average Bonchev–Trinajstić information content (AvgIpc) is 2.25. The van der Waals surface area contributed by atoms with Crippen LogP contribution in [0.15, 0.2) is 26.0 Å². The van der Waals surface area contributed by atoms with Crippen molar-refractivity contribution in [1.29, 1.82) is 0 Å². The van der Waals surface area contributed by atoms with Gasteiger partial charge in [0.05, 0.1) is 20.4 Å². The molecule has 0 aliphatic carbocycles. The Labute approximate surface area is 123 Å². The van der Waals surface area contributed by atoms with Gasteiger partial charge in [0.1, 0.15) is 5.75 Å². The van der Waals surface area contributed by atoms with Crippen molar-refractivity contribution in [3.8, 4) is 17.6 Å². The fourth-order valence-electron chi connectivity index (χ4n) is 1.17. The Morgan fingerprint density at radius 1 is 1.33 bits per heavy atom. The maximum atomic E-state index is 11.2. The van der Waals surface area contributed by atoms with Crippen molar-refractivity contribution in [3.05, 3.63) is 21.1 Å². The van der Waals surface area contributed by atoms with Gasteiger partial charge in [0.15, 0.2) is 0 Å². The summed E-state index contributed by atoms with van der Waals surface area (Å²) in [5, 5.41) is 5.06. The van der Waals surface area contributed by atoms with E-state index in [-0.39, 0.29) is 4.90 Å². The monoisotopic (exact) mass is 395 g/mol. The van der Waals surface area contributed by atoms with Crippen LogP contribution in [0, 0.1) is 11.8 Å². The van der Waals surface area contributed by atoms with Crippen LogP contribution in [0.2, 0.25) is 0 Å². The van der Waals surface area contributed by atoms with Gasteiger partial charge in [0.25, 0.3) is 0 Å². The first-order chi connectivity index (χ1) is 8.36. The second-order valence-electron chi connectivity index (χ2n) is 3.29. The Morgan fingerprint density at radius 2 is 1.89 bits per heavy atom. The van der Waals surface area contributed by atoms with Crippen LogP contribution in [0.3, 0.4) is 0 Å². The normalized spacial score (nSPS) is 10.7. The molecule has 0 bridgehead atoms. The molecule has 0 amide bonds. The highest BCUT2D eigenvalue weighted by molar-refractivity contribution is 9.11. The molecule has 0 aromatic heterocycles. The van der Waals surface area contributed by atoms with Gasteiger partial charge >= 0.3 is 0 Å². The highest BCUT2D eigenvalue weighted by Gasteiger charge is 2.15. The summed E-state index contributed by atoms with van der Waals surface area (Å²) in [4.78, 5) is 0.0157. The van der Waals surface area contributed by atoms with Gasteiger partial charge in [0, 0.05) is 6.42 Å². The predicted octanol–water partition coefficient (Wildman–Crippen LogP) is 2.65. The van der Waals surface area contributed by atoms with Crippen LogP contribution in [0.5, 0.6) is 5.75 Å². The second kappa shape index (κ2) is 6.57. The van der Waals surface area contributed by atoms with Gasteiger partial charge in [-0.15, -0.1) is 11.8 Å². The molecule has 98 valence electrons. The van der Waals surface area contributed by atoms with E-state index in [0.29, 0.717) is 27.7 Å². The molecule has 7 heteroatoms. The van der Waals surface area contributed by atoms with Crippen molar-refractivity contribution < 1.29 is 13.2 Å². The van der Waals surface area contributed by atoms with Gasteiger partial charge in [-0.1, -0.05) is 0 Å². The Morgan fingerprint density at radius 3 is 2.33 bits per heavy atom. The topological polar surface area (TPSA) is 69.4 Å². The van der Waals surface area contributed by atoms with Crippen molar-refractivity contribution in [2.45, 2.75) is 18.2 Å². The highest BCUT2D eigenvalue weighted by atomic mass is 79.9. The summed E-state index contributed by atoms with van der Waals surface area (Å²) in [5.41, 5.74) is 0. The highest BCUT2D eigenvalue weighted by Crippen LogP contribution is 2.35. The molecule has 1 rings (SSSR count). The minimum atomic E-state index is -3.73. The van der Waals surface area contributed by atoms with Crippen LogP contribution >= 0.6 is 31.9 Å². The second-order valence-corrected chi connectivity index (χ2v) is 6.56. The van der Waals surface area contributed by atoms with E-state index in [0.717, 1.165) is 0 Å². The van der Waals surface area contributed by atoms with Gasteiger partial charge in [-0.25, -0.2) is 13.6 Å². The first-order valence-electron chi connectivity index (χ1n) is 4.90. The fourth-order valence-corrected chi connectivity index (χ4v) is 3.45. The number of benzene rings is 1. The third-order valence-electron chi connectivity index (χ3n) is 1.95. The molecule has 0 saturated carbocycles. The minimum absolute atomic E-state index is 0.0157. The lowest BCUT2D eigenvalue weighted by atomic mass is 10.3. The van der Waals surface area contributed by atoms with Gasteiger partial charge in [-0.2, -0.15) is 0 Å². The molecule has 0 unspecified atom stereocenters. The summed E-state index contributed by atoms with van der Waals surface area (Å²) in [7, 11) is -3.73. The van der Waals surface area contributed by atoms with Gasteiger partial charge in [0.2, 0.25) is 10.0 Å². The Bertz CT molecular complexity index is 579. The summed E-state index contributed by atoms with van der Waals surface area (Å²) in [5.74, 6) is 6.16. The van der Waals surface area contributed by atoms with Crippen LogP contribution in [-0.4, -0.2) is 15.0 Å². The molecule has 0 radical (unpaired) electrons. The summed E-state index contributed by atoms with van der Waals surface area (Å²) in [6.45, 7) is 2.18. The summed E-state index contributed by atoms with van der Waals surface area (Å²) >= 11 is 6.50. The van der Waals surface area contributed by atoms with Crippen molar-refractivity contribution in [1.82, 2.24) is 0 Å². The van der Waals surface area contributed by atoms with Crippen LogP contribution in [-0.2, 0) is 10.0 Å². The molecule has 2 N–H and O–H groups in total. The smallest absolute Gasteiger partial charge is 0.238 e. The number of halogens is 2. The molecule has 4 nitrogen and oxygen atoms in total. The quantitative estimate of drug-likeness (QED) is 0.628. The van der Waals surface area contributed by atoms with Gasteiger partial charge < -0.3 is 4.74 Å². The maximum absolute atomic E-state index is 11.2. The Balaban J connectivity index is 2.97. The van der Waals surface area contributed by atoms with E-state index in [1.807, 2.05) is 0 Å². The van der Waals surface area contributed by atoms with E-state index in [2.05, 4.69) is 43.7 Å². The van der Waals surface area contributed by atoms with Crippen molar-refractivity contribution in [3.63, 3.8) is 0 Å². The molecular formula is C11H11Br2NO3S. The largest absolute Gasteiger partial charge is 0.490 e. The van der Waals surface area contributed by atoms with Crippen LogP contribution in [0.4, 0.5) is 0 Å². The van der Waals surface area contributed by atoms with Crippen molar-refractivity contribution in [2.75, 3.05) is 6.61 Å². The molecule has 1 aromatic rings. The van der Waals surface area contributed by atoms with E-state index in [9.17, 15) is 8.42 Å². The molecule has 1 aromatic carbocycles. The van der Waals surface area contributed by atoms with Crippen molar-refractivity contribution >= 4 is 41.9 Å². The zero-order chi connectivity index (χ0) is 13.8. The molecule has 0 spiro atoms. The number of rotatable bonds is 4. The van der Waals surface area contributed by atoms with Gasteiger partial charge in [-0.05, 0) is 50.9 Å². The average molecular weight is 397 g/mol. The summed E-state index contributed by atoms with van der Waals surface area (Å²) < 4.78 is 29.0. The van der Waals surface area contributed by atoms with E-state index >= 15 is 0 Å². The number of nitrogens with two attached hydrogens (primary N) is 1. The van der Waals surface area contributed by atoms with E-state index in [1.165, 1.54) is 12.1 Å². The number of sulfonamides is 1. The molecule has 18 heavy (non-hydrogen) atoms. The lowest BCUT2D eigenvalue weighted by Crippen LogP contribution is -2.12. The van der Waals surface area contributed by atoms with Crippen LogP contribution < -0.4 is 9.88 Å². The first kappa shape index (κ1) is 15.5. The SMILES string of the molecule is CC#CCCOc1c(Br)cc(S(N)(=O)=O)cc1Br. The number of hydrogen-bond donors (Lipinski definition) is 1. The zero-order valence-corrected chi connectivity index (χ0v) is 13.5. The Hall–Kier alpha value is -0.550.